The Morgan fingerprint density at radius 2 is 1.85 bits per heavy atom. The van der Waals surface area contributed by atoms with E-state index in [1.54, 1.807) is 0 Å². The summed E-state index contributed by atoms with van der Waals surface area (Å²) in [5, 5.41) is 3.51. The van der Waals surface area contributed by atoms with Crippen molar-refractivity contribution in [2.75, 3.05) is 57.3 Å². The van der Waals surface area contributed by atoms with Crippen molar-refractivity contribution >= 4 is 5.69 Å². The number of hydrogen-bond acceptors (Lipinski definition) is 5. The molecule has 3 aliphatic rings. The summed E-state index contributed by atoms with van der Waals surface area (Å²) in [4.78, 5) is 9.47. The number of pyridine rings is 1. The highest BCUT2D eigenvalue weighted by Crippen LogP contribution is 2.39. The fraction of sp³-hybridized carbons (Fsp3) is 0.773. The van der Waals surface area contributed by atoms with Gasteiger partial charge in [0, 0.05) is 37.6 Å². The number of anilines is 1. The molecule has 1 aromatic heterocycles. The normalized spacial score (nSPS) is 24.3. The highest BCUT2D eigenvalue weighted by atomic mass is 16.5. The van der Waals surface area contributed by atoms with Crippen LogP contribution >= 0.6 is 0 Å². The topological polar surface area (TPSA) is 40.6 Å². The van der Waals surface area contributed by atoms with Gasteiger partial charge in [-0.2, -0.15) is 0 Å². The highest BCUT2D eigenvalue weighted by Gasteiger charge is 2.35. The number of nitrogens with one attached hydrogen (secondary N) is 1. The van der Waals surface area contributed by atoms with Crippen LogP contribution in [0.3, 0.4) is 0 Å². The standard InChI is InChI=1S/C22H36N4O/c1-19-3-12-26(13-4-19)20-2-9-24-21(18-20)27-17-16-25-14-7-22(8-15-25)5-10-23-11-6-22/h2,9,18-19,23H,3-8,10-17H2,1H3. The summed E-state index contributed by atoms with van der Waals surface area (Å²) in [6.45, 7) is 11.3. The van der Waals surface area contributed by atoms with Gasteiger partial charge in [-0.05, 0) is 82.1 Å². The van der Waals surface area contributed by atoms with Gasteiger partial charge in [0.1, 0.15) is 6.61 Å². The Kier molecular flexibility index (Phi) is 6.18. The van der Waals surface area contributed by atoms with Gasteiger partial charge in [0.2, 0.25) is 5.88 Å². The van der Waals surface area contributed by atoms with E-state index in [2.05, 4.69) is 39.2 Å². The Morgan fingerprint density at radius 3 is 2.59 bits per heavy atom. The van der Waals surface area contributed by atoms with E-state index in [0.29, 0.717) is 5.41 Å². The molecular formula is C22H36N4O. The molecule has 5 heteroatoms. The zero-order chi connectivity index (χ0) is 18.5. The molecule has 0 unspecified atom stereocenters. The molecule has 150 valence electrons. The summed E-state index contributed by atoms with van der Waals surface area (Å²) >= 11 is 0. The first-order chi connectivity index (χ1) is 13.2. The van der Waals surface area contributed by atoms with Crippen LogP contribution in [0.15, 0.2) is 18.3 Å². The molecule has 3 saturated heterocycles. The summed E-state index contributed by atoms with van der Waals surface area (Å²) in [6, 6.07) is 4.24. The summed E-state index contributed by atoms with van der Waals surface area (Å²) in [5.41, 5.74) is 1.89. The monoisotopic (exact) mass is 372 g/mol. The fourth-order valence-electron chi connectivity index (χ4n) is 4.93. The first-order valence-corrected chi connectivity index (χ1v) is 11.0. The Balaban J connectivity index is 1.21. The van der Waals surface area contributed by atoms with Gasteiger partial charge in [0.15, 0.2) is 0 Å². The SMILES string of the molecule is CC1CCN(c2ccnc(OCCN3CCC4(CCNCC4)CC3)c2)CC1. The second-order valence-corrected chi connectivity index (χ2v) is 8.96. The van der Waals surface area contributed by atoms with Gasteiger partial charge in [-0.15, -0.1) is 0 Å². The molecule has 0 saturated carbocycles. The molecule has 3 fully saturated rings. The van der Waals surface area contributed by atoms with E-state index in [0.717, 1.165) is 38.0 Å². The number of aromatic nitrogens is 1. The number of nitrogens with zero attached hydrogens (tertiary/aromatic N) is 3. The summed E-state index contributed by atoms with van der Waals surface area (Å²) in [7, 11) is 0. The van der Waals surface area contributed by atoms with Crippen LogP contribution in [0, 0.1) is 11.3 Å². The maximum absolute atomic E-state index is 6.01. The Labute approximate surface area is 164 Å². The molecular weight excluding hydrogens is 336 g/mol. The van der Waals surface area contributed by atoms with Crippen LogP contribution in [0.4, 0.5) is 5.69 Å². The Morgan fingerprint density at radius 1 is 1.11 bits per heavy atom. The molecule has 0 bridgehead atoms. The molecule has 5 nitrogen and oxygen atoms in total. The lowest BCUT2D eigenvalue weighted by atomic mass is 9.71. The van der Waals surface area contributed by atoms with Gasteiger partial charge in [-0.25, -0.2) is 4.98 Å². The lowest BCUT2D eigenvalue weighted by Crippen LogP contribution is -2.46. The van der Waals surface area contributed by atoms with Crippen molar-refractivity contribution in [1.29, 1.82) is 0 Å². The smallest absolute Gasteiger partial charge is 0.215 e. The fourth-order valence-corrected chi connectivity index (χ4v) is 4.93. The van der Waals surface area contributed by atoms with E-state index in [1.807, 2.05) is 6.20 Å². The van der Waals surface area contributed by atoms with Crippen LogP contribution in [0.25, 0.3) is 0 Å². The molecule has 0 atom stereocenters. The molecule has 1 aromatic rings. The lowest BCUT2D eigenvalue weighted by Gasteiger charge is -2.44. The van der Waals surface area contributed by atoms with Gasteiger partial charge < -0.3 is 15.0 Å². The zero-order valence-corrected chi connectivity index (χ0v) is 17.0. The van der Waals surface area contributed by atoms with E-state index < -0.39 is 0 Å². The molecule has 27 heavy (non-hydrogen) atoms. The summed E-state index contributed by atoms with van der Waals surface area (Å²) in [5.74, 6) is 1.63. The third-order valence-corrected chi connectivity index (χ3v) is 7.11. The first-order valence-electron chi connectivity index (χ1n) is 11.0. The average molecular weight is 373 g/mol. The van der Waals surface area contributed by atoms with E-state index in [4.69, 9.17) is 4.74 Å². The lowest BCUT2D eigenvalue weighted by molar-refractivity contribution is 0.0660. The molecule has 1 N–H and O–H groups in total. The predicted octanol–water partition coefficient (Wildman–Crippen LogP) is 3.16. The van der Waals surface area contributed by atoms with Crippen molar-refractivity contribution in [3.05, 3.63) is 18.3 Å². The van der Waals surface area contributed by atoms with Gasteiger partial charge >= 0.3 is 0 Å². The highest BCUT2D eigenvalue weighted by molar-refractivity contribution is 5.48. The number of hydrogen-bond donors (Lipinski definition) is 1. The van der Waals surface area contributed by atoms with Crippen LogP contribution in [0.5, 0.6) is 5.88 Å². The molecule has 0 amide bonds. The number of ether oxygens (including phenoxy) is 1. The molecule has 0 aliphatic carbocycles. The zero-order valence-electron chi connectivity index (χ0n) is 17.0. The second kappa shape index (κ2) is 8.78. The van der Waals surface area contributed by atoms with Crippen molar-refractivity contribution in [3.8, 4) is 5.88 Å². The minimum Gasteiger partial charge on any atom is -0.476 e. The van der Waals surface area contributed by atoms with Crippen LogP contribution in [0.2, 0.25) is 0 Å². The van der Waals surface area contributed by atoms with E-state index in [9.17, 15) is 0 Å². The van der Waals surface area contributed by atoms with Gasteiger partial charge in [-0.3, -0.25) is 4.90 Å². The van der Waals surface area contributed by atoms with Crippen molar-refractivity contribution < 1.29 is 4.74 Å². The van der Waals surface area contributed by atoms with Crippen molar-refractivity contribution in [1.82, 2.24) is 15.2 Å². The maximum Gasteiger partial charge on any atom is 0.215 e. The van der Waals surface area contributed by atoms with Crippen molar-refractivity contribution in [2.45, 2.75) is 45.4 Å². The Bertz CT molecular complexity index is 584. The molecule has 0 aromatic carbocycles. The number of likely N-dealkylation sites (tertiary alicyclic amines) is 1. The van der Waals surface area contributed by atoms with E-state index in [1.165, 1.54) is 70.4 Å². The quantitative estimate of drug-likeness (QED) is 0.860. The average Bonchev–Trinajstić information content (AvgIpc) is 2.71. The van der Waals surface area contributed by atoms with Crippen LogP contribution in [-0.2, 0) is 0 Å². The van der Waals surface area contributed by atoms with Crippen LogP contribution in [-0.4, -0.2) is 62.3 Å². The maximum atomic E-state index is 6.01. The first kappa shape index (κ1) is 19.0. The third-order valence-electron chi connectivity index (χ3n) is 7.11. The summed E-state index contributed by atoms with van der Waals surface area (Å²) < 4.78 is 6.01. The molecule has 4 heterocycles. The minimum absolute atomic E-state index is 0.629. The number of rotatable bonds is 5. The molecule has 4 rings (SSSR count). The van der Waals surface area contributed by atoms with Crippen LogP contribution < -0.4 is 15.0 Å². The van der Waals surface area contributed by atoms with Gasteiger partial charge in [0.25, 0.3) is 0 Å². The second-order valence-electron chi connectivity index (χ2n) is 8.96. The summed E-state index contributed by atoms with van der Waals surface area (Å²) in [6.07, 6.45) is 9.90. The van der Waals surface area contributed by atoms with E-state index in [-0.39, 0.29) is 0 Å². The molecule has 1 spiro atoms. The Hall–Kier alpha value is -1.33. The van der Waals surface area contributed by atoms with Gasteiger partial charge in [-0.1, -0.05) is 6.92 Å². The van der Waals surface area contributed by atoms with Crippen LogP contribution in [0.1, 0.15) is 45.4 Å². The molecule has 0 radical (unpaired) electrons. The predicted molar refractivity (Wildman–Crippen MR) is 111 cm³/mol. The van der Waals surface area contributed by atoms with E-state index >= 15 is 0 Å². The minimum atomic E-state index is 0.629. The molecule has 3 aliphatic heterocycles. The van der Waals surface area contributed by atoms with Gasteiger partial charge in [0.05, 0.1) is 0 Å². The van der Waals surface area contributed by atoms with Crippen molar-refractivity contribution in [3.63, 3.8) is 0 Å². The number of piperidine rings is 3. The van der Waals surface area contributed by atoms with Crippen molar-refractivity contribution in [2.24, 2.45) is 11.3 Å². The largest absolute Gasteiger partial charge is 0.476 e. The third kappa shape index (κ3) is 4.94.